The van der Waals surface area contributed by atoms with Gasteiger partial charge in [0.25, 0.3) is 0 Å². The van der Waals surface area contributed by atoms with E-state index in [4.69, 9.17) is 26.8 Å². The van der Waals surface area contributed by atoms with Crippen LogP contribution in [0.2, 0.25) is 5.02 Å². The largest absolute Gasteiger partial charge is 0.453 e. The van der Waals surface area contributed by atoms with Gasteiger partial charge in [0.2, 0.25) is 11.0 Å². The summed E-state index contributed by atoms with van der Waals surface area (Å²) in [7, 11) is 1.35. The molecule has 3 heterocycles. The number of hydrogen-bond acceptors (Lipinski definition) is 7. The molecule has 1 spiro atoms. The highest BCUT2D eigenvalue weighted by molar-refractivity contribution is 7.17. The minimum atomic E-state index is -0.556. The van der Waals surface area contributed by atoms with Crippen LogP contribution < -0.4 is 20.7 Å². The van der Waals surface area contributed by atoms with Crippen molar-refractivity contribution in [3.63, 3.8) is 0 Å². The molecular weight excluding hydrogens is 506 g/mol. The second-order valence-electron chi connectivity index (χ2n) is 8.58. The average Bonchev–Trinajstić information content (AvgIpc) is 3.57. The van der Waals surface area contributed by atoms with E-state index in [-0.39, 0.29) is 6.03 Å². The van der Waals surface area contributed by atoms with E-state index in [1.807, 2.05) is 12.1 Å². The van der Waals surface area contributed by atoms with Crippen molar-refractivity contribution in [2.24, 2.45) is 5.73 Å². The first-order valence-corrected chi connectivity index (χ1v) is 12.2. The number of carbonyl (C=O) groups is 3. The van der Waals surface area contributed by atoms with Crippen LogP contribution in [0.3, 0.4) is 0 Å². The number of anilines is 2. The number of nitrogens with zero attached hydrogens (tertiary/aromatic N) is 3. The van der Waals surface area contributed by atoms with E-state index in [9.17, 15) is 14.4 Å². The molecule has 1 unspecified atom stereocenters. The Morgan fingerprint density at radius 2 is 2.03 bits per heavy atom. The third-order valence-electron chi connectivity index (χ3n) is 6.35. The summed E-state index contributed by atoms with van der Waals surface area (Å²) in [5, 5.41) is 4.17. The standard InChI is InChI=1S/C24H22ClN5O5S/c1-34-23(33)29-8-7-24(12-29)13-30(18-6-5-15(25)10-17(18)24)22(32)28-21-27-11-19(36-21)35-16-4-2-3-14(9-16)20(26)31/h2-6,9-11H,7-8,12-13H2,1H3,(H2,26,31)(H,27,28,32). The molecule has 2 aromatic carbocycles. The summed E-state index contributed by atoms with van der Waals surface area (Å²) in [5.74, 6) is -0.129. The van der Waals surface area contributed by atoms with Crippen molar-refractivity contribution in [1.82, 2.24) is 9.88 Å². The minimum Gasteiger partial charge on any atom is -0.453 e. The van der Waals surface area contributed by atoms with Crippen LogP contribution >= 0.6 is 22.9 Å². The van der Waals surface area contributed by atoms with E-state index < -0.39 is 17.4 Å². The molecule has 4 amide bonds. The van der Waals surface area contributed by atoms with Crippen molar-refractivity contribution in [1.29, 1.82) is 0 Å². The number of amides is 4. The highest BCUT2D eigenvalue weighted by atomic mass is 35.5. The molecule has 3 N–H and O–H groups in total. The van der Waals surface area contributed by atoms with Gasteiger partial charge in [0.15, 0.2) is 5.13 Å². The smallest absolute Gasteiger partial charge is 0.409 e. The summed E-state index contributed by atoms with van der Waals surface area (Å²) >= 11 is 7.44. The third kappa shape index (κ3) is 4.42. The zero-order valence-electron chi connectivity index (χ0n) is 19.2. The van der Waals surface area contributed by atoms with E-state index in [2.05, 4.69) is 10.3 Å². The van der Waals surface area contributed by atoms with Crippen LogP contribution in [0.15, 0.2) is 48.7 Å². The first-order valence-electron chi connectivity index (χ1n) is 11.0. The van der Waals surface area contributed by atoms with Crippen molar-refractivity contribution >= 4 is 51.8 Å². The Bertz CT molecular complexity index is 1360. The minimum absolute atomic E-state index is 0.324. The number of likely N-dealkylation sites (tertiary alicyclic amines) is 1. The maximum atomic E-state index is 13.3. The molecule has 5 rings (SSSR count). The highest BCUT2D eigenvalue weighted by Crippen LogP contribution is 2.47. The molecule has 3 aromatic rings. The van der Waals surface area contributed by atoms with Crippen molar-refractivity contribution in [3.05, 3.63) is 64.8 Å². The van der Waals surface area contributed by atoms with Crippen molar-refractivity contribution in [3.8, 4) is 10.8 Å². The van der Waals surface area contributed by atoms with Gasteiger partial charge in [-0.25, -0.2) is 14.6 Å². The number of carbonyl (C=O) groups excluding carboxylic acids is 3. The first-order chi connectivity index (χ1) is 17.3. The summed E-state index contributed by atoms with van der Waals surface area (Å²) in [6.45, 7) is 1.34. The molecule has 0 saturated carbocycles. The molecule has 36 heavy (non-hydrogen) atoms. The quantitative estimate of drug-likeness (QED) is 0.516. The Hall–Kier alpha value is -3.83. The number of fused-ring (bicyclic) bond motifs is 2. The van der Waals surface area contributed by atoms with Crippen LogP contribution in [-0.4, -0.2) is 54.7 Å². The number of hydrogen-bond donors (Lipinski definition) is 2. The monoisotopic (exact) mass is 527 g/mol. The van der Waals surface area contributed by atoms with E-state index in [0.717, 1.165) is 22.6 Å². The molecule has 1 fully saturated rings. The van der Waals surface area contributed by atoms with Crippen LogP contribution in [-0.2, 0) is 10.2 Å². The Balaban J connectivity index is 1.32. The number of aromatic nitrogens is 1. The van der Waals surface area contributed by atoms with E-state index >= 15 is 0 Å². The second-order valence-corrected chi connectivity index (χ2v) is 10.0. The van der Waals surface area contributed by atoms with Crippen molar-refractivity contribution in [2.75, 3.05) is 37.0 Å². The number of rotatable bonds is 4. The first kappa shape index (κ1) is 23.9. The van der Waals surface area contributed by atoms with E-state index in [1.165, 1.54) is 19.4 Å². The number of primary amides is 1. The number of methoxy groups -OCH3 is 1. The van der Waals surface area contributed by atoms with Crippen LogP contribution in [0.5, 0.6) is 10.8 Å². The predicted octanol–water partition coefficient (Wildman–Crippen LogP) is 4.45. The lowest BCUT2D eigenvalue weighted by atomic mass is 9.81. The van der Waals surface area contributed by atoms with Gasteiger partial charge < -0.3 is 20.1 Å². The average molecular weight is 528 g/mol. The van der Waals surface area contributed by atoms with Gasteiger partial charge in [-0.15, -0.1) is 0 Å². The molecule has 1 atom stereocenters. The number of benzene rings is 2. The Labute approximate surface area is 215 Å². The van der Waals surface area contributed by atoms with Gasteiger partial charge in [-0.1, -0.05) is 29.0 Å². The fourth-order valence-electron chi connectivity index (χ4n) is 4.68. The number of ether oxygens (including phenoxy) is 2. The predicted molar refractivity (Wildman–Crippen MR) is 135 cm³/mol. The fraction of sp³-hybridized carbons (Fsp3) is 0.250. The molecule has 186 valence electrons. The van der Waals surface area contributed by atoms with Crippen LogP contribution in [0.4, 0.5) is 20.4 Å². The highest BCUT2D eigenvalue weighted by Gasteiger charge is 2.50. The SMILES string of the molecule is COC(=O)N1CCC2(C1)CN(C(=O)Nc1ncc(Oc3cccc(C(N)=O)c3)s1)c1ccc(Cl)cc12. The Morgan fingerprint density at radius 1 is 1.19 bits per heavy atom. The number of urea groups is 1. The van der Waals surface area contributed by atoms with Crippen LogP contribution in [0.1, 0.15) is 22.3 Å². The molecule has 1 aromatic heterocycles. The van der Waals surface area contributed by atoms with E-state index in [1.54, 1.807) is 34.1 Å². The van der Waals surface area contributed by atoms with Gasteiger partial charge in [0.1, 0.15) is 5.75 Å². The van der Waals surface area contributed by atoms with Gasteiger partial charge in [-0.05, 0) is 48.4 Å². The van der Waals surface area contributed by atoms with Gasteiger partial charge in [-0.3, -0.25) is 15.0 Å². The Kier molecular flexibility index (Phi) is 6.19. The topological polar surface area (TPSA) is 127 Å². The summed E-state index contributed by atoms with van der Waals surface area (Å²) in [6, 6.07) is 11.5. The van der Waals surface area contributed by atoms with Gasteiger partial charge in [0.05, 0.1) is 13.3 Å². The third-order valence-corrected chi connectivity index (χ3v) is 7.37. The zero-order chi connectivity index (χ0) is 25.4. The molecule has 10 nitrogen and oxygen atoms in total. The molecule has 1 saturated heterocycles. The van der Waals surface area contributed by atoms with Crippen LogP contribution in [0.25, 0.3) is 0 Å². The molecule has 2 aliphatic rings. The van der Waals surface area contributed by atoms with Crippen LogP contribution in [0, 0.1) is 0 Å². The number of nitrogens with one attached hydrogen (secondary N) is 1. The van der Waals surface area contributed by atoms with Gasteiger partial charge >= 0.3 is 12.1 Å². The van der Waals surface area contributed by atoms with Crippen molar-refractivity contribution in [2.45, 2.75) is 11.8 Å². The number of halogens is 1. The lowest BCUT2D eigenvalue weighted by molar-refractivity contribution is 0.0999. The second kappa shape index (κ2) is 9.32. The van der Waals surface area contributed by atoms with Gasteiger partial charge in [0, 0.05) is 41.3 Å². The van der Waals surface area contributed by atoms with E-state index in [0.29, 0.717) is 52.6 Å². The summed E-state index contributed by atoms with van der Waals surface area (Å²) in [6.07, 6.45) is 1.77. The maximum absolute atomic E-state index is 13.3. The summed E-state index contributed by atoms with van der Waals surface area (Å²) in [5.41, 5.74) is 6.87. The summed E-state index contributed by atoms with van der Waals surface area (Å²) < 4.78 is 10.7. The normalized spacial score (nSPS) is 18.3. The molecular formula is C24H22ClN5O5S. The lowest BCUT2D eigenvalue weighted by Crippen LogP contribution is -2.41. The number of thiazole rings is 1. The maximum Gasteiger partial charge on any atom is 0.409 e. The fourth-order valence-corrected chi connectivity index (χ4v) is 5.53. The number of nitrogens with two attached hydrogens (primary N) is 1. The molecule has 12 heteroatoms. The molecule has 2 aliphatic heterocycles. The zero-order valence-corrected chi connectivity index (χ0v) is 20.8. The Morgan fingerprint density at radius 3 is 2.81 bits per heavy atom. The molecule has 0 aliphatic carbocycles. The lowest BCUT2D eigenvalue weighted by Gasteiger charge is -2.25. The molecule has 0 radical (unpaired) electrons. The molecule has 0 bridgehead atoms. The van der Waals surface area contributed by atoms with Gasteiger partial charge in [-0.2, -0.15) is 0 Å². The van der Waals surface area contributed by atoms with Crippen molar-refractivity contribution < 1.29 is 23.9 Å². The summed E-state index contributed by atoms with van der Waals surface area (Å²) in [4.78, 5) is 44.4.